The van der Waals surface area contributed by atoms with E-state index in [1.165, 1.54) is 0 Å². The van der Waals surface area contributed by atoms with Gasteiger partial charge < -0.3 is 5.73 Å². The molecule has 2 aromatic rings. The van der Waals surface area contributed by atoms with Crippen LogP contribution < -0.4 is 10.5 Å². The minimum atomic E-state index is -3.54. The van der Waals surface area contributed by atoms with Crippen molar-refractivity contribution in [2.45, 2.75) is 18.4 Å². The van der Waals surface area contributed by atoms with E-state index in [1.807, 2.05) is 19.1 Å². The Morgan fingerprint density at radius 3 is 2.76 bits per heavy atom. The Balaban J connectivity index is 2.15. The van der Waals surface area contributed by atoms with E-state index < -0.39 is 10.0 Å². The van der Waals surface area contributed by atoms with Crippen LogP contribution in [0.4, 0.5) is 0 Å². The Bertz CT molecular complexity index is 783. The molecule has 3 N–H and O–H groups in total. The van der Waals surface area contributed by atoms with Crippen molar-refractivity contribution in [3.63, 3.8) is 0 Å². The maximum Gasteiger partial charge on any atom is 0.240 e. The lowest BCUT2D eigenvalue weighted by Gasteiger charge is -2.06. The van der Waals surface area contributed by atoms with Crippen LogP contribution in [0, 0.1) is 18.8 Å². The first kappa shape index (κ1) is 15.7. The molecule has 2 rings (SSSR count). The van der Waals surface area contributed by atoms with Crippen LogP contribution in [-0.4, -0.2) is 15.0 Å². The lowest BCUT2D eigenvalue weighted by Crippen LogP contribution is -2.22. The number of aryl methyl sites for hydroxylation is 1. The molecule has 0 bridgehead atoms. The fourth-order valence-electron chi connectivity index (χ4n) is 1.72. The third-order valence-corrected chi connectivity index (χ3v) is 5.11. The number of hydrogen-bond acceptors (Lipinski definition) is 4. The number of sulfonamides is 1. The molecule has 0 fully saturated rings. The lowest BCUT2D eigenvalue weighted by molar-refractivity contribution is 0.582. The normalized spacial score (nSPS) is 11.0. The molecule has 21 heavy (non-hydrogen) atoms. The van der Waals surface area contributed by atoms with Crippen molar-refractivity contribution < 1.29 is 8.42 Å². The van der Waals surface area contributed by atoms with Gasteiger partial charge in [0.2, 0.25) is 10.0 Å². The van der Waals surface area contributed by atoms with E-state index in [-0.39, 0.29) is 11.4 Å². The molecule has 6 heteroatoms. The molecular weight excluding hydrogens is 304 g/mol. The van der Waals surface area contributed by atoms with Crippen molar-refractivity contribution >= 4 is 21.4 Å². The Morgan fingerprint density at radius 1 is 1.29 bits per heavy atom. The van der Waals surface area contributed by atoms with Crippen molar-refractivity contribution in [2.24, 2.45) is 5.73 Å². The second-order valence-electron chi connectivity index (χ2n) is 4.37. The summed E-state index contributed by atoms with van der Waals surface area (Å²) in [4.78, 5) is 2.35. The summed E-state index contributed by atoms with van der Waals surface area (Å²) < 4.78 is 27.1. The van der Waals surface area contributed by atoms with Crippen LogP contribution in [0.5, 0.6) is 0 Å². The van der Waals surface area contributed by atoms with Gasteiger partial charge in [0.1, 0.15) is 0 Å². The number of nitrogens with two attached hydrogens (primary N) is 1. The molecule has 110 valence electrons. The van der Waals surface area contributed by atoms with Gasteiger partial charge in [0.25, 0.3) is 0 Å². The minimum Gasteiger partial charge on any atom is -0.320 e. The van der Waals surface area contributed by atoms with Gasteiger partial charge in [0.15, 0.2) is 0 Å². The quantitative estimate of drug-likeness (QED) is 0.845. The lowest BCUT2D eigenvalue weighted by atomic mass is 10.2. The molecule has 1 aromatic carbocycles. The van der Waals surface area contributed by atoms with Crippen LogP contribution in [0.3, 0.4) is 0 Å². The van der Waals surface area contributed by atoms with E-state index in [4.69, 9.17) is 5.73 Å². The summed E-state index contributed by atoms with van der Waals surface area (Å²) in [7, 11) is -3.54. The van der Waals surface area contributed by atoms with Crippen molar-refractivity contribution in [3.05, 3.63) is 51.7 Å². The highest BCUT2D eigenvalue weighted by Gasteiger charge is 2.14. The molecule has 0 aliphatic carbocycles. The molecule has 0 amide bonds. The van der Waals surface area contributed by atoms with Gasteiger partial charge in [-0.15, -0.1) is 11.3 Å². The molecule has 0 atom stereocenters. The topological polar surface area (TPSA) is 72.2 Å². The maximum absolute atomic E-state index is 12.3. The number of thiophene rings is 1. The van der Waals surface area contributed by atoms with Crippen LogP contribution in [0.25, 0.3) is 0 Å². The van der Waals surface area contributed by atoms with Gasteiger partial charge in [0, 0.05) is 21.9 Å². The highest BCUT2D eigenvalue weighted by Crippen LogP contribution is 2.16. The largest absolute Gasteiger partial charge is 0.320 e. The van der Waals surface area contributed by atoms with Crippen molar-refractivity contribution in [2.75, 3.05) is 6.54 Å². The fourth-order valence-corrected chi connectivity index (χ4v) is 3.70. The Morgan fingerprint density at radius 2 is 2.10 bits per heavy atom. The Kier molecular flexibility index (Phi) is 5.15. The van der Waals surface area contributed by atoms with E-state index in [0.29, 0.717) is 12.1 Å². The summed E-state index contributed by atoms with van der Waals surface area (Å²) >= 11 is 1.57. The molecule has 4 nitrogen and oxygen atoms in total. The van der Waals surface area contributed by atoms with Crippen LogP contribution in [0.2, 0.25) is 0 Å². The van der Waals surface area contributed by atoms with Gasteiger partial charge in [-0.3, -0.25) is 0 Å². The molecule has 0 aliphatic rings. The first-order valence-electron chi connectivity index (χ1n) is 6.35. The number of rotatable bonds is 4. The summed E-state index contributed by atoms with van der Waals surface area (Å²) in [5.41, 5.74) is 5.95. The molecule has 0 saturated heterocycles. The smallest absolute Gasteiger partial charge is 0.240 e. The van der Waals surface area contributed by atoms with Gasteiger partial charge in [0.05, 0.1) is 11.4 Å². The third kappa shape index (κ3) is 4.41. The maximum atomic E-state index is 12.3. The standard InChI is InChI=1S/C15H16N2O2S2/c1-12-7-8-14(20-12)11-17-21(18,19)15-6-2-4-13(10-15)5-3-9-16/h2,4,6-8,10,17H,9,11,16H2,1H3. The van der Waals surface area contributed by atoms with Gasteiger partial charge in [-0.25, -0.2) is 13.1 Å². The van der Waals surface area contributed by atoms with Crippen LogP contribution >= 0.6 is 11.3 Å². The SMILES string of the molecule is Cc1ccc(CNS(=O)(=O)c2cccc(C#CCN)c2)s1. The predicted octanol–water partition coefficient (Wildman–Crippen LogP) is 1.85. The zero-order valence-corrected chi connectivity index (χ0v) is 13.2. The summed E-state index contributed by atoms with van der Waals surface area (Å²) in [6.07, 6.45) is 0. The van der Waals surface area contributed by atoms with Gasteiger partial charge in [-0.2, -0.15) is 0 Å². The summed E-state index contributed by atoms with van der Waals surface area (Å²) in [5, 5.41) is 0. The average molecular weight is 320 g/mol. The van der Waals surface area contributed by atoms with Crippen LogP contribution in [-0.2, 0) is 16.6 Å². The monoisotopic (exact) mass is 320 g/mol. The van der Waals surface area contributed by atoms with Gasteiger partial charge in [-0.05, 0) is 37.3 Å². The van der Waals surface area contributed by atoms with Crippen LogP contribution in [0.1, 0.15) is 15.3 Å². The highest BCUT2D eigenvalue weighted by molar-refractivity contribution is 7.89. The zero-order valence-electron chi connectivity index (χ0n) is 11.6. The summed E-state index contributed by atoms with van der Waals surface area (Å²) in [5.74, 6) is 5.54. The van der Waals surface area contributed by atoms with E-state index in [1.54, 1.807) is 35.6 Å². The third-order valence-electron chi connectivity index (χ3n) is 2.71. The minimum absolute atomic E-state index is 0.208. The van der Waals surface area contributed by atoms with Crippen LogP contribution in [0.15, 0.2) is 41.3 Å². The van der Waals surface area contributed by atoms with E-state index >= 15 is 0 Å². The summed E-state index contributed by atoms with van der Waals surface area (Å²) in [6.45, 7) is 2.52. The number of hydrogen-bond donors (Lipinski definition) is 2. The molecule has 0 unspecified atom stereocenters. The average Bonchev–Trinajstić information content (AvgIpc) is 2.89. The van der Waals surface area contributed by atoms with E-state index in [9.17, 15) is 8.42 Å². The second-order valence-corrected chi connectivity index (χ2v) is 7.51. The predicted molar refractivity (Wildman–Crippen MR) is 85.5 cm³/mol. The molecule has 0 spiro atoms. The van der Waals surface area contributed by atoms with Crippen molar-refractivity contribution in [1.29, 1.82) is 0 Å². The number of nitrogens with one attached hydrogen (secondary N) is 1. The Labute approximate surface area is 129 Å². The van der Waals surface area contributed by atoms with E-state index in [2.05, 4.69) is 16.6 Å². The molecule has 1 aromatic heterocycles. The zero-order chi connectivity index (χ0) is 15.3. The Hall–Kier alpha value is -1.65. The van der Waals surface area contributed by atoms with Crippen molar-refractivity contribution in [3.8, 4) is 11.8 Å². The molecule has 0 radical (unpaired) electrons. The summed E-state index contributed by atoms with van der Waals surface area (Å²) in [6, 6.07) is 10.4. The fraction of sp³-hybridized carbons (Fsp3) is 0.200. The second kappa shape index (κ2) is 6.87. The molecular formula is C15H16N2O2S2. The molecule has 0 aliphatic heterocycles. The number of benzene rings is 1. The highest BCUT2D eigenvalue weighted by atomic mass is 32.2. The first-order valence-corrected chi connectivity index (χ1v) is 8.65. The first-order chi connectivity index (χ1) is 10.0. The molecule has 1 heterocycles. The molecule has 0 saturated carbocycles. The van der Waals surface area contributed by atoms with E-state index in [0.717, 1.165) is 9.75 Å². The van der Waals surface area contributed by atoms with Gasteiger partial charge in [-0.1, -0.05) is 17.9 Å². The van der Waals surface area contributed by atoms with Gasteiger partial charge >= 0.3 is 0 Å². The van der Waals surface area contributed by atoms with Crippen molar-refractivity contribution in [1.82, 2.24) is 4.72 Å².